The van der Waals surface area contributed by atoms with Gasteiger partial charge in [0.15, 0.2) is 26.8 Å². The van der Waals surface area contributed by atoms with Crippen LogP contribution in [0.1, 0.15) is 24.8 Å². The van der Waals surface area contributed by atoms with Crippen LogP contribution < -0.4 is 5.32 Å². The van der Waals surface area contributed by atoms with Crippen LogP contribution in [0.2, 0.25) is 0 Å². The number of rotatable bonds is 7. The number of amides is 1. The fourth-order valence-electron chi connectivity index (χ4n) is 3.40. The van der Waals surface area contributed by atoms with Crippen molar-refractivity contribution in [2.75, 3.05) is 18.5 Å². The van der Waals surface area contributed by atoms with Crippen molar-refractivity contribution >= 4 is 48.1 Å². The number of ether oxygens (including phenoxy) is 1. The van der Waals surface area contributed by atoms with E-state index in [0.717, 1.165) is 10.2 Å². The number of anilines is 1. The van der Waals surface area contributed by atoms with Gasteiger partial charge in [0.1, 0.15) is 0 Å². The predicted molar refractivity (Wildman–Crippen MR) is 122 cm³/mol. The number of nitrogens with one attached hydrogen (secondary N) is 1. The normalized spacial score (nSPS) is 19.2. The molecule has 10 heteroatoms. The third kappa shape index (κ3) is 4.38. The SMILES string of the molecule is O=C(Nc1nc2ccccc2s1)C(=NO[C@@H]1CCOC1)c1ccc(S(=O)(=O)C2CC2)cc1. The molecule has 0 spiro atoms. The van der Waals surface area contributed by atoms with E-state index in [2.05, 4.69) is 15.5 Å². The highest BCUT2D eigenvalue weighted by Crippen LogP contribution is 2.33. The van der Waals surface area contributed by atoms with E-state index in [9.17, 15) is 13.2 Å². The molecule has 1 aromatic heterocycles. The molecule has 2 aliphatic rings. The van der Waals surface area contributed by atoms with Gasteiger partial charge in [0, 0.05) is 12.0 Å². The molecule has 1 amide bonds. The average Bonchev–Trinajstić information content (AvgIpc) is 3.39. The van der Waals surface area contributed by atoms with Crippen LogP contribution in [0.3, 0.4) is 0 Å². The van der Waals surface area contributed by atoms with Crippen molar-refractivity contribution in [3.8, 4) is 0 Å². The van der Waals surface area contributed by atoms with Crippen LogP contribution in [0.15, 0.2) is 58.6 Å². The van der Waals surface area contributed by atoms with Crippen LogP contribution >= 0.6 is 11.3 Å². The Kier molecular flexibility index (Phi) is 5.66. The highest BCUT2D eigenvalue weighted by molar-refractivity contribution is 7.92. The van der Waals surface area contributed by atoms with E-state index >= 15 is 0 Å². The number of benzene rings is 2. The Morgan fingerprint density at radius 1 is 1.12 bits per heavy atom. The lowest BCUT2D eigenvalue weighted by atomic mass is 10.1. The van der Waals surface area contributed by atoms with Crippen molar-refractivity contribution in [2.45, 2.75) is 35.5 Å². The molecule has 1 saturated carbocycles. The third-order valence-corrected chi connectivity index (χ3v) is 8.56. The number of sulfone groups is 1. The molecule has 0 unspecified atom stereocenters. The van der Waals surface area contributed by atoms with E-state index in [4.69, 9.17) is 9.57 Å². The quantitative estimate of drug-likeness (QED) is 0.418. The molecule has 1 atom stereocenters. The third-order valence-electron chi connectivity index (χ3n) is 5.33. The highest BCUT2D eigenvalue weighted by Gasteiger charge is 2.36. The molecule has 166 valence electrons. The van der Waals surface area contributed by atoms with Gasteiger partial charge in [-0.1, -0.05) is 40.8 Å². The van der Waals surface area contributed by atoms with Gasteiger partial charge in [-0.05, 0) is 37.1 Å². The summed E-state index contributed by atoms with van der Waals surface area (Å²) in [4.78, 5) is 23.3. The zero-order valence-corrected chi connectivity index (χ0v) is 18.7. The number of carbonyl (C=O) groups is 1. The summed E-state index contributed by atoms with van der Waals surface area (Å²) in [6.07, 6.45) is 1.85. The van der Waals surface area contributed by atoms with Crippen LogP contribution in [-0.4, -0.2) is 49.6 Å². The molecule has 2 aromatic carbocycles. The molecule has 32 heavy (non-hydrogen) atoms. The highest BCUT2D eigenvalue weighted by atomic mass is 32.2. The predicted octanol–water partition coefficient (Wildman–Crippen LogP) is 3.38. The summed E-state index contributed by atoms with van der Waals surface area (Å²) in [6.45, 7) is 0.996. The van der Waals surface area contributed by atoms with Gasteiger partial charge < -0.3 is 9.57 Å². The van der Waals surface area contributed by atoms with Crippen LogP contribution in [-0.2, 0) is 24.2 Å². The minimum atomic E-state index is -3.31. The number of aromatic nitrogens is 1. The van der Waals surface area contributed by atoms with E-state index in [1.807, 2.05) is 24.3 Å². The fourth-order valence-corrected chi connectivity index (χ4v) is 5.92. The lowest BCUT2D eigenvalue weighted by Crippen LogP contribution is -2.25. The zero-order chi connectivity index (χ0) is 22.1. The van der Waals surface area contributed by atoms with Gasteiger partial charge in [0.2, 0.25) is 0 Å². The monoisotopic (exact) mass is 471 g/mol. The summed E-state index contributed by atoms with van der Waals surface area (Å²) in [7, 11) is -3.31. The second-order valence-electron chi connectivity index (χ2n) is 7.74. The van der Waals surface area contributed by atoms with E-state index in [0.29, 0.717) is 43.2 Å². The Bertz CT molecular complexity index is 1240. The number of carbonyl (C=O) groups excluding carboxylic acids is 1. The summed E-state index contributed by atoms with van der Waals surface area (Å²) in [5.74, 6) is -0.485. The van der Waals surface area contributed by atoms with Gasteiger partial charge in [0.25, 0.3) is 5.91 Å². The summed E-state index contributed by atoms with van der Waals surface area (Å²) < 4.78 is 31.2. The van der Waals surface area contributed by atoms with Crippen LogP contribution in [0.4, 0.5) is 5.13 Å². The second-order valence-corrected chi connectivity index (χ2v) is 11.0. The first-order valence-electron chi connectivity index (χ1n) is 10.3. The smallest absolute Gasteiger partial charge is 0.280 e. The van der Waals surface area contributed by atoms with Crippen molar-refractivity contribution in [1.82, 2.24) is 4.98 Å². The Hall–Kier alpha value is -2.82. The second kappa shape index (κ2) is 8.61. The number of fused-ring (bicyclic) bond motifs is 1. The number of nitrogens with zero attached hydrogens (tertiary/aromatic N) is 2. The van der Waals surface area contributed by atoms with Crippen molar-refractivity contribution in [1.29, 1.82) is 0 Å². The molecule has 8 nitrogen and oxygen atoms in total. The van der Waals surface area contributed by atoms with Crippen LogP contribution in [0.25, 0.3) is 10.2 Å². The van der Waals surface area contributed by atoms with Crippen LogP contribution in [0, 0.1) is 0 Å². The van der Waals surface area contributed by atoms with Gasteiger partial charge >= 0.3 is 0 Å². The molecule has 1 saturated heterocycles. The first kappa shape index (κ1) is 21.0. The van der Waals surface area contributed by atoms with Gasteiger partial charge in [0.05, 0.1) is 33.6 Å². The number of hydrogen-bond acceptors (Lipinski definition) is 8. The summed E-state index contributed by atoms with van der Waals surface area (Å²) in [5.41, 5.74) is 1.30. The molecule has 0 bridgehead atoms. The van der Waals surface area contributed by atoms with E-state index in [1.54, 1.807) is 12.1 Å². The molecule has 2 fully saturated rings. The van der Waals surface area contributed by atoms with Crippen molar-refractivity contribution in [2.24, 2.45) is 5.16 Å². The topological polar surface area (TPSA) is 107 Å². The summed E-state index contributed by atoms with van der Waals surface area (Å²) in [5, 5.41) is 7.05. The molecule has 1 aliphatic carbocycles. The Morgan fingerprint density at radius 2 is 1.91 bits per heavy atom. The average molecular weight is 472 g/mol. The standard InChI is InChI=1S/C22H21N3O5S2/c26-21(24-22-23-18-3-1-2-4-19(18)31-22)20(25-30-15-11-12-29-13-15)14-5-7-16(8-6-14)32(27,28)17-9-10-17/h1-8,15,17H,9-13H2,(H,23,24,26)/t15-/m1/s1. The maximum absolute atomic E-state index is 13.1. The molecular formula is C22H21N3O5S2. The minimum Gasteiger partial charge on any atom is -0.389 e. The van der Waals surface area contributed by atoms with Gasteiger partial charge in [-0.2, -0.15) is 0 Å². The van der Waals surface area contributed by atoms with E-state index < -0.39 is 15.7 Å². The van der Waals surface area contributed by atoms with Gasteiger partial charge in [-0.3, -0.25) is 10.1 Å². The first-order valence-corrected chi connectivity index (χ1v) is 12.7. The Balaban J connectivity index is 1.41. The van der Waals surface area contributed by atoms with Gasteiger partial charge in [-0.25, -0.2) is 13.4 Å². The lowest BCUT2D eigenvalue weighted by molar-refractivity contribution is -0.110. The van der Waals surface area contributed by atoms with E-state index in [1.165, 1.54) is 23.5 Å². The first-order chi connectivity index (χ1) is 15.5. The number of thiazole rings is 1. The largest absolute Gasteiger partial charge is 0.389 e. The fraction of sp³-hybridized carbons (Fsp3) is 0.318. The van der Waals surface area contributed by atoms with Crippen molar-refractivity contribution < 1.29 is 22.8 Å². The number of hydrogen-bond donors (Lipinski definition) is 1. The van der Waals surface area contributed by atoms with E-state index in [-0.39, 0.29) is 22.0 Å². The molecule has 1 N–H and O–H groups in total. The minimum absolute atomic E-state index is 0.0477. The Labute approximate surface area is 189 Å². The molecule has 3 aromatic rings. The summed E-state index contributed by atoms with van der Waals surface area (Å²) >= 11 is 1.36. The van der Waals surface area contributed by atoms with Crippen molar-refractivity contribution in [3.63, 3.8) is 0 Å². The molecule has 0 radical (unpaired) electrons. The number of para-hydroxylation sites is 1. The maximum Gasteiger partial charge on any atom is 0.280 e. The number of oxime groups is 1. The summed E-state index contributed by atoms with van der Waals surface area (Å²) in [6, 6.07) is 13.8. The molecule has 1 aliphatic heterocycles. The lowest BCUT2D eigenvalue weighted by Gasteiger charge is -2.10. The van der Waals surface area contributed by atoms with Crippen LogP contribution in [0.5, 0.6) is 0 Å². The molecule has 5 rings (SSSR count). The van der Waals surface area contributed by atoms with Gasteiger partial charge in [-0.15, -0.1) is 0 Å². The zero-order valence-electron chi connectivity index (χ0n) is 17.1. The maximum atomic E-state index is 13.1. The Morgan fingerprint density at radius 3 is 2.59 bits per heavy atom. The van der Waals surface area contributed by atoms with Crippen molar-refractivity contribution in [3.05, 3.63) is 54.1 Å². The molecular weight excluding hydrogens is 450 g/mol. The molecule has 2 heterocycles.